The van der Waals surface area contributed by atoms with Gasteiger partial charge in [-0.05, 0) is 30.9 Å². The zero-order valence-electron chi connectivity index (χ0n) is 19.9. The van der Waals surface area contributed by atoms with Crippen LogP contribution in [-0.4, -0.2) is 35.1 Å². The Balaban J connectivity index is 1.68. The number of carbonyl (C=O) groups is 1. The van der Waals surface area contributed by atoms with E-state index in [4.69, 9.17) is 5.73 Å². The number of hydrogen-bond donors (Lipinski definition) is 2. The summed E-state index contributed by atoms with van der Waals surface area (Å²) in [5, 5.41) is 2.01. The molecule has 3 N–H and O–H groups in total. The van der Waals surface area contributed by atoms with Crippen molar-refractivity contribution < 1.29 is 4.79 Å². The van der Waals surface area contributed by atoms with E-state index in [0.717, 1.165) is 22.0 Å². The SMILES string of the molecule is CCN(CC(=O)N(CC)c1cccc2ccccc12)c1c(N)n(Cc2ccccc2)c(=O)[nH]c1=O. The van der Waals surface area contributed by atoms with Crippen LogP contribution in [0.25, 0.3) is 10.8 Å². The minimum atomic E-state index is -0.611. The molecule has 0 radical (unpaired) electrons. The van der Waals surface area contributed by atoms with Gasteiger partial charge in [-0.2, -0.15) is 0 Å². The number of benzene rings is 3. The van der Waals surface area contributed by atoms with Crippen LogP contribution in [0, 0.1) is 0 Å². The van der Waals surface area contributed by atoms with Gasteiger partial charge >= 0.3 is 5.69 Å². The lowest BCUT2D eigenvalue weighted by Crippen LogP contribution is -2.44. The summed E-state index contributed by atoms with van der Waals surface area (Å²) in [5.74, 6) is -0.143. The second kappa shape index (κ2) is 10.3. The fourth-order valence-corrected chi connectivity index (χ4v) is 4.33. The first-order valence-electron chi connectivity index (χ1n) is 11.6. The predicted molar refractivity (Wildman–Crippen MR) is 141 cm³/mol. The van der Waals surface area contributed by atoms with Crippen LogP contribution in [0.15, 0.2) is 82.4 Å². The van der Waals surface area contributed by atoms with Gasteiger partial charge in [0.05, 0.1) is 18.8 Å². The Morgan fingerprint density at radius 3 is 2.31 bits per heavy atom. The molecule has 0 unspecified atom stereocenters. The third-order valence-corrected chi connectivity index (χ3v) is 6.10. The van der Waals surface area contributed by atoms with Crippen LogP contribution >= 0.6 is 0 Å². The van der Waals surface area contributed by atoms with Gasteiger partial charge in [0.1, 0.15) is 11.5 Å². The van der Waals surface area contributed by atoms with Gasteiger partial charge in [-0.15, -0.1) is 0 Å². The third-order valence-electron chi connectivity index (χ3n) is 6.10. The van der Waals surface area contributed by atoms with Crippen molar-refractivity contribution in [3.63, 3.8) is 0 Å². The number of aromatic amines is 1. The maximum Gasteiger partial charge on any atom is 0.330 e. The molecular formula is C27H29N5O3. The molecule has 8 nitrogen and oxygen atoms in total. The molecule has 0 spiro atoms. The van der Waals surface area contributed by atoms with Gasteiger partial charge in [0.2, 0.25) is 5.91 Å². The van der Waals surface area contributed by atoms with Crippen LogP contribution in [0.5, 0.6) is 0 Å². The number of rotatable bonds is 8. The van der Waals surface area contributed by atoms with Crippen LogP contribution < -0.4 is 26.8 Å². The number of aromatic nitrogens is 2. The molecule has 0 bridgehead atoms. The molecule has 8 heteroatoms. The summed E-state index contributed by atoms with van der Waals surface area (Å²) < 4.78 is 1.32. The second-order valence-corrected chi connectivity index (χ2v) is 8.22. The third kappa shape index (κ3) is 4.82. The number of amides is 1. The minimum absolute atomic E-state index is 0.0328. The highest BCUT2D eigenvalue weighted by Gasteiger charge is 2.23. The van der Waals surface area contributed by atoms with Crippen molar-refractivity contribution in [1.29, 1.82) is 0 Å². The molecule has 1 amide bonds. The van der Waals surface area contributed by atoms with E-state index in [1.807, 2.05) is 86.6 Å². The number of nitrogen functional groups attached to an aromatic ring is 1. The smallest absolute Gasteiger partial charge is 0.330 e. The summed E-state index contributed by atoms with van der Waals surface area (Å²) in [5.41, 5.74) is 6.95. The number of carbonyl (C=O) groups excluding carboxylic acids is 1. The minimum Gasteiger partial charge on any atom is -0.383 e. The molecule has 3 aromatic carbocycles. The highest BCUT2D eigenvalue weighted by atomic mass is 16.2. The zero-order chi connectivity index (χ0) is 24.9. The van der Waals surface area contributed by atoms with Crippen LogP contribution in [0.3, 0.4) is 0 Å². The van der Waals surface area contributed by atoms with Gasteiger partial charge in [0.25, 0.3) is 5.56 Å². The first-order valence-corrected chi connectivity index (χ1v) is 11.6. The van der Waals surface area contributed by atoms with E-state index in [0.29, 0.717) is 13.1 Å². The van der Waals surface area contributed by atoms with E-state index in [2.05, 4.69) is 4.98 Å². The van der Waals surface area contributed by atoms with Crippen LogP contribution in [0.4, 0.5) is 17.2 Å². The fraction of sp³-hybridized carbons (Fsp3) is 0.222. The summed E-state index contributed by atoms with van der Waals surface area (Å²) in [6.45, 7) is 4.71. The normalized spacial score (nSPS) is 10.9. The Morgan fingerprint density at radius 1 is 0.914 bits per heavy atom. The molecule has 4 rings (SSSR count). The molecule has 0 saturated heterocycles. The number of H-pyrrole nitrogens is 1. The molecule has 35 heavy (non-hydrogen) atoms. The van der Waals surface area contributed by atoms with Crippen molar-refractivity contribution in [2.45, 2.75) is 20.4 Å². The molecule has 180 valence electrons. The van der Waals surface area contributed by atoms with Crippen molar-refractivity contribution in [3.8, 4) is 0 Å². The molecule has 0 aliphatic carbocycles. The number of nitrogens with one attached hydrogen (secondary N) is 1. The Labute approximate surface area is 203 Å². The summed E-state index contributed by atoms with van der Waals surface area (Å²) in [7, 11) is 0. The lowest BCUT2D eigenvalue weighted by molar-refractivity contribution is -0.117. The topological polar surface area (TPSA) is 104 Å². The first kappa shape index (κ1) is 23.8. The Hall–Kier alpha value is -4.33. The van der Waals surface area contributed by atoms with Crippen LogP contribution in [0.2, 0.25) is 0 Å². The van der Waals surface area contributed by atoms with Crippen molar-refractivity contribution in [2.75, 3.05) is 35.2 Å². The summed E-state index contributed by atoms with van der Waals surface area (Å²) in [6, 6.07) is 23.1. The highest BCUT2D eigenvalue weighted by Crippen LogP contribution is 2.27. The van der Waals surface area contributed by atoms with Gasteiger partial charge in [-0.25, -0.2) is 4.79 Å². The largest absolute Gasteiger partial charge is 0.383 e. The van der Waals surface area contributed by atoms with Crippen molar-refractivity contribution in [2.24, 2.45) is 0 Å². The monoisotopic (exact) mass is 471 g/mol. The lowest BCUT2D eigenvalue weighted by Gasteiger charge is -2.28. The van der Waals surface area contributed by atoms with Crippen molar-refractivity contribution in [1.82, 2.24) is 9.55 Å². The fourth-order valence-electron chi connectivity index (χ4n) is 4.33. The number of nitrogens with zero attached hydrogens (tertiary/aromatic N) is 3. The number of likely N-dealkylation sites (N-methyl/N-ethyl adjacent to an activating group) is 2. The molecule has 1 aromatic heterocycles. The highest BCUT2D eigenvalue weighted by molar-refractivity contribution is 6.05. The second-order valence-electron chi connectivity index (χ2n) is 8.22. The van der Waals surface area contributed by atoms with E-state index in [1.54, 1.807) is 9.80 Å². The number of anilines is 3. The van der Waals surface area contributed by atoms with Gasteiger partial charge in [0.15, 0.2) is 0 Å². The van der Waals surface area contributed by atoms with Crippen molar-refractivity contribution >= 4 is 33.9 Å². The van der Waals surface area contributed by atoms with E-state index >= 15 is 0 Å². The van der Waals surface area contributed by atoms with E-state index in [9.17, 15) is 14.4 Å². The molecule has 0 aliphatic rings. The molecule has 0 atom stereocenters. The Morgan fingerprint density at radius 2 is 1.60 bits per heavy atom. The average Bonchev–Trinajstić information content (AvgIpc) is 2.87. The molecule has 4 aromatic rings. The first-order chi connectivity index (χ1) is 16.9. The van der Waals surface area contributed by atoms with Gasteiger partial charge in [0, 0.05) is 18.5 Å². The summed E-state index contributed by atoms with van der Waals surface area (Å²) >= 11 is 0. The van der Waals surface area contributed by atoms with Crippen LogP contribution in [0.1, 0.15) is 19.4 Å². The van der Waals surface area contributed by atoms with Crippen LogP contribution in [-0.2, 0) is 11.3 Å². The number of hydrogen-bond acceptors (Lipinski definition) is 5. The predicted octanol–water partition coefficient (Wildman–Crippen LogP) is 3.20. The molecule has 1 heterocycles. The van der Waals surface area contributed by atoms with Crippen molar-refractivity contribution in [3.05, 3.63) is 99.2 Å². The van der Waals surface area contributed by atoms with Gasteiger partial charge < -0.3 is 15.5 Å². The van der Waals surface area contributed by atoms with Gasteiger partial charge in [-0.1, -0.05) is 66.7 Å². The Kier molecular flexibility index (Phi) is 7.01. The van der Waals surface area contributed by atoms with Gasteiger partial charge in [-0.3, -0.25) is 19.1 Å². The molecule has 0 saturated carbocycles. The molecule has 0 fully saturated rings. The van der Waals surface area contributed by atoms with E-state index < -0.39 is 11.2 Å². The zero-order valence-corrected chi connectivity index (χ0v) is 19.9. The van der Waals surface area contributed by atoms with E-state index in [-0.39, 0.29) is 30.5 Å². The standard InChI is InChI=1S/C27H29N5O3/c1-3-30(18-23(33)31(4-2)22-16-10-14-20-13-8-9-15-21(20)22)24-25(28)32(27(35)29-26(24)34)17-19-11-6-5-7-12-19/h5-16H,3-4,17-18,28H2,1-2H3,(H,29,34,35). The van der Waals surface area contributed by atoms with E-state index in [1.165, 1.54) is 4.57 Å². The number of nitrogens with two attached hydrogens (primary N) is 1. The molecule has 0 aliphatic heterocycles. The summed E-state index contributed by atoms with van der Waals surface area (Å²) in [4.78, 5) is 44.5. The molecular weight excluding hydrogens is 442 g/mol. The summed E-state index contributed by atoms with van der Waals surface area (Å²) in [6.07, 6.45) is 0. The maximum absolute atomic E-state index is 13.5. The average molecular weight is 472 g/mol. The number of fused-ring (bicyclic) bond motifs is 1. The lowest BCUT2D eigenvalue weighted by atomic mass is 10.1. The quantitative estimate of drug-likeness (QED) is 0.411. The maximum atomic E-state index is 13.5. The Bertz CT molecular complexity index is 1450.